The standard InChI is InChI=1S/C25H25F3O3S/c1-16-13-18(14-17(2)23(16)31-12-6-11-29)9-10-21(30)22-15-20(19-7-4-3-5-8-19)24(32-22)25(26,27)28/h3-5,7-8,13-15,29H,6,9-12H2,1-2H3. The summed E-state index contributed by atoms with van der Waals surface area (Å²) in [7, 11) is 0. The molecule has 0 fully saturated rings. The highest BCUT2D eigenvalue weighted by Gasteiger charge is 2.37. The number of hydrogen-bond donors (Lipinski definition) is 1. The minimum atomic E-state index is -4.52. The number of ether oxygens (including phenoxy) is 1. The molecule has 0 spiro atoms. The number of carbonyl (C=O) groups is 1. The van der Waals surface area contributed by atoms with E-state index < -0.39 is 11.1 Å². The average Bonchev–Trinajstić information content (AvgIpc) is 3.21. The maximum atomic E-state index is 13.6. The largest absolute Gasteiger partial charge is 0.493 e. The fourth-order valence-corrected chi connectivity index (χ4v) is 4.62. The van der Waals surface area contributed by atoms with Crippen molar-refractivity contribution in [1.29, 1.82) is 0 Å². The third-order valence-corrected chi connectivity index (χ3v) is 6.28. The van der Waals surface area contributed by atoms with Gasteiger partial charge in [-0.1, -0.05) is 42.5 Å². The van der Waals surface area contributed by atoms with Crippen LogP contribution in [0.15, 0.2) is 48.5 Å². The molecule has 1 heterocycles. The molecule has 3 nitrogen and oxygen atoms in total. The molecule has 3 rings (SSSR count). The molecule has 7 heteroatoms. The first kappa shape index (κ1) is 24.0. The molecule has 0 aliphatic rings. The van der Waals surface area contributed by atoms with Crippen molar-refractivity contribution in [2.75, 3.05) is 13.2 Å². The molecule has 0 bridgehead atoms. The van der Waals surface area contributed by atoms with Crippen LogP contribution in [-0.2, 0) is 12.6 Å². The summed E-state index contributed by atoms with van der Waals surface area (Å²) >= 11 is 0.510. The van der Waals surface area contributed by atoms with Gasteiger partial charge in [-0.2, -0.15) is 13.2 Å². The monoisotopic (exact) mass is 462 g/mol. The average molecular weight is 463 g/mol. The third-order valence-electron chi connectivity index (χ3n) is 5.06. The Labute approximate surface area is 189 Å². The number of rotatable bonds is 9. The van der Waals surface area contributed by atoms with Gasteiger partial charge in [0.05, 0.1) is 11.5 Å². The van der Waals surface area contributed by atoms with Gasteiger partial charge >= 0.3 is 6.18 Å². The molecule has 0 saturated heterocycles. The minimum Gasteiger partial charge on any atom is -0.493 e. The van der Waals surface area contributed by atoms with Crippen molar-refractivity contribution in [1.82, 2.24) is 0 Å². The van der Waals surface area contributed by atoms with Crippen LogP contribution in [-0.4, -0.2) is 24.1 Å². The first-order chi connectivity index (χ1) is 15.2. The molecule has 0 aliphatic carbocycles. The number of aliphatic hydroxyl groups is 1. The number of hydrogen-bond acceptors (Lipinski definition) is 4. The zero-order valence-corrected chi connectivity index (χ0v) is 18.8. The lowest BCUT2D eigenvalue weighted by atomic mass is 10.00. The smallest absolute Gasteiger partial charge is 0.426 e. The van der Waals surface area contributed by atoms with Gasteiger partial charge in [0.1, 0.15) is 10.6 Å². The van der Waals surface area contributed by atoms with E-state index in [0.717, 1.165) is 22.4 Å². The topological polar surface area (TPSA) is 46.5 Å². The molecular formula is C25H25F3O3S. The Morgan fingerprint density at radius 2 is 1.72 bits per heavy atom. The van der Waals surface area contributed by atoms with Crippen LogP contribution in [0.5, 0.6) is 5.75 Å². The number of alkyl halides is 3. The summed E-state index contributed by atoms with van der Waals surface area (Å²) < 4.78 is 46.4. The fraction of sp³-hybridized carbons (Fsp3) is 0.320. The van der Waals surface area contributed by atoms with Crippen LogP contribution in [0.25, 0.3) is 11.1 Å². The predicted molar refractivity (Wildman–Crippen MR) is 121 cm³/mol. The van der Waals surface area contributed by atoms with Gasteiger partial charge in [0.25, 0.3) is 0 Å². The molecule has 0 radical (unpaired) electrons. The second kappa shape index (κ2) is 10.3. The zero-order chi connectivity index (χ0) is 23.3. The van der Waals surface area contributed by atoms with Gasteiger partial charge in [-0.05, 0) is 48.6 Å². The number of aryl methyl sites for hydroxylation is 3. The second-order valence-electron chi connectivity index (χ2n) is 7.62. The minimum absolute atomic E-state index is 0.0440. The zero-order valence-electron chi connectivity index (χ0n) is 18.0. The summed E-state index contributed by atoms with van der Waals surface area (Å²) in [4.78, 5) is 12.1. The van der Waals surface area contributed by atoms with E-state index in [2.05, 4.69) is 0 Å². The molecule has 0 atom stereocenters. The van der Waals surface area contributed by atoms with E-state index in [1.807, 2.05) is 26.0 Å². The summed E-state index contributed by atoms with van der Waals surface area (Å²) in [5.41, 5.74) is 3.26. The third kappa shape index (κ3) is 5.78. The summed E-state index contributed by atoms with van der Waals surface area (Å²) in [6.45, 7) is 4.30. The summed E-state index contributed by atoms with van der Waals surface area (Å²) in [6, 6.07) is 13.5. The summed E-state index contributed by atoms with van der Waals surface area (Å²) in [6.07, 6.45) is -3.43. The van der Waals surface area contributed by atoms with Crippen molar-refractivity contribution >= 4 is 17.1 Å². The van der Waals surface area contributed by atoms with Gasteiger partial charge in [0.15, 0.2) is 5.78 Å². The summed E-state index contributed by atoms with van der Waals surface area (Å²) in [5.74, 6) is 0.454. The van der Waals surface area contributed by atoms with E-state index in [1.165, 1.54) is 6.07 Å². The van der Waals surface area contributed by atoms with Gasteiger partial charge in [-0.25, -0.2) is 0 Å². The highest BCUT2D eigenvalue weighted by Crippen LogP contribution is 2.43. The first-order valence-corrected chi connectivity index (χ1v) is 11.2. The van der Waals surface area contributed by atoms with Gasteiger partial charge in [-0.15, -0.1) is 11.3 Å². The Bertz CT molecular complexity index is 1050. The SMILES string of the molecule is Cc1cc(CCC(=O)c2cc(-c3ccccc3)c(C(F)(F)F)s2)cc(C)c1OCCCO. The Hall–Kier alpha value is -2.64. The maximum Gasteiger partial charge on any atom is 0.426 e. The van der Waals surface area contributed by atoms with Crippen LogP contribution in [0.1, 0.15) is 44.1 Å². The van der Waals surface area contributed by atoms with E-state index in [9.17, 15) is 18.0 Å². The molecule has 1 aromatic heterocycles. The van der Waals surface area contributed by atoms with Crippen molar-refractivity contribution in [3.05, 3.63) is 75.0 Å². The van der Waals surface area contributed by atoms with E-state index >= 15 is 0 Å². The summed E-state index contributed by atoms with van der Waals surface area (Å²) in [5, 5.41) is 8.90. The van der Waals surface area contributed by atoms with Crippen molar-refractivity contribution in [3.63, 3.8) is 0 Å². The van der Waals surface area contributed by atoms with Crippen LogP contribution in [0.3, 0.4) is 0 Å². The second-order valence-corrected chi connectivity index (χ2v) is 8.68. The number of aliphatic hydroxyl groups excluding tert-OH is 1. The van der Waals surface area contributed by atoms with E-state index in [4.69, 9.17) is 9.84 Å². The van der Waals surface area contributed by atoms with Crippen LogP contribution < -0.4 is 4.74 Å². The molecule has 0 unspecified atom stereocenters. The molecule has 0 saturated carbocycles. The van der Waals surface area contributed by atoms with E-state index in [0.29, 0.717) is 36.3 Å². The number of benzene rings is 2. The van der Waals surface area contributed by atoms with E-state index in [-0.39, 0.29) is 29.3 Å². The molecule has 3 aromatic rings. The Kier molecular flexibility index (Phi) is 7.74. The van der Waals surface area contributed by atoms with Gasteiger partial charge < -0.3 is 9.84 Å². The van der Waals surface area contributed by atoms with Crippen LogP contribution in [0.2, 0.25) is 0 Å². The molecule has 0 aliphatic heterocycles. The normalized spacial score (nSPS) is 11.6. The molecule has 1 N–H and O–H groups in total. The molecule has 0 amide bonds. The van der Waals surface area contributed by atoms with Crippen molar-refractivity contribution in [3.8, 4) is 16.9 Å². The number of carbonyl (C=O) groups excluding carboxylic acids is 1. The molecular weight excluding hydrogens is 437 g/mol. The number of thiophene rings is 1. The maximum absolute atomic E-state index is 13.6. The molecule has 170 valence electrons. The highest BCUT2D eigenvalue weighted by atomic mass is 32.1. The Balaban J connectivity index is 1.76. The van der Waals surface area contributed by atoms with Crippen molar-refractivity contribution in [2.24, 2.45) is 0 Å². The Morgan fingerprint density at radius 1 is 1.06 bits per heavy atom. The van der Waals surface area contributed by atoms with Gasteiger partial charge in [0.2, 0.25) is 0 Å². The van der Waals surface area contributed by atoms with Gasteiger partial charge in [0, 0.05) is 25.0 Å². The lowest BCUT2D eigenvalue weighted by molar-refractivity contribution is -0.133. The van der Waals surface area contributed by atoms with Gasteiger partial charge in [-0.3, -0.25) is 4.79 Å². The highest BCUT2D eigenvalue weighted by molar-refractivity contribution is 7.14. The first-order valence-electron chi connectivity index (χ1n) is 10.3. The van der Waals surface area contributed by atoms with Crippen LogP contribution in [0, 0.1) is 13.8 Å². The van der Waals surface area contributed by atoms with Crippen molar-refractivity contribution in [2.45, 2.75) is 39.3 Å². The van der Waals surface area contributed by atoms with E-state index in [1.54, 1.807) is 30.3 Å². The number of ketones is 1. The lowest BCUT2D eigenvalue weighted by Crippen LogP contribution is -2.04. The lowest BCUT2D eigenvalue weighted by Gasteiger charge is -2.13. The quantitative estimate of drug-likeness (QED) is 0.287. The van der Waals surface area contributed by atoms with Crippen LogP contribution in [0.4, 0.5) is 13.2 Å². The fourth-order valence-electron chi connectivity index (χ4n) is 3.60. The Morgan fingerprint density at radius 3 is 2.31 bits per heavy atom. The number of halogens is 3. The molecule has 32 heavy (non-hydrogen) atoms. The number of Topliss-reactive ketones (excluding diaryl/α,β-unsaturated/α-hetero) is 1. The van der Waals surface area contributed by atoms with Crippen LogP contribution >= 0.6 is 11.3 Å². The molecule has 2 aromatic carbocycles. The van der Waals surface area contributed by atoms with Crippen molar-refractivity contribution < 1.29 is 27.8 Å². The predicted octanol–water partition coefficient (Wildman–Crippen LogP) is 6.63.